The van der Waals surface area contributed by atoms with Crippen LogP contribution in [0.1, 0.15) is 17.2 Å². The standard InChI is InChI=1S/C15H14BrN3/c16-12-5-3-4-11(8-12)9-14(17)13-10-18-19-7-2-1-6-15(13)19/h1-8,10,14H,9,17H2. The Morgan fingerprint density at radius 1 is 1.21 bits per heavy atom. The maximum atomic E-state index is 6.32. The molecule has 0 fully saturated rings. The van der Waals surface area contributed by atoms with Gasteiger partial charge in [-0.3, -0.25) is 0 Å². The molecule has 1 aromatic carbocycles. The number of benzene rings is 1. The second kappa shape index (κ2) is 5.15. The summed E-state index contributed by atoms with van der Waals surface area (Å²) in [5.74, 6) is 0. The molecule has 0 bridgehead atoms. The Morgan fingerprint density at radius 3 is 2.95 bits per heavy atom. The first-order valence-electron chi connectivity index (χ1n) is 6.16. The van der Waals surface area contributed by atoms with Crippen LogP contribution in [0.2, 0.25) is 0 Å². The highest BCUT2D eigenvalue weighted by Crippen LogP contribution is 2.22. The molecule has 0 radical (unpaired) electrons. The van der Waals surface area contributed by atoms with Crippen molar-refractivity contribution in [3.8, 4) is 0 Å². The average molecular weight is 316 g/mol. The first kappa shape index (κ1) is 12.4. The molecule has 0 saturated heterocycles. The Hall–Kier alpha value is -1.65. The van der Waals surface area contributed by atoms with E-state index in [4.69, 9.17) is 5.73 Å². The largest absolute Gasteiger partial charge is 0.324 e. The third-order valence-corrected chi connectivity index (χ3v) is 3.69. The molecule has 0 aliphatic carbocycles. The summed E-state index contributed by atoms with van der Waals surface area (Å²) in [6, 6.07) is 14.2. The van der Waals surface area contributed by atoms with Crippen LogP contribution < -0.4 is 5.73 Å². The predicted molar refractivity (Wildman–Crippen MR) is 80.0 cm³/mol. The lowest BCUT2D eigenvalue weighted by Crippen LogP contribution is -2.13. The zero-order chi connectivity index (χ0) is 13.2. The van der Waals surface area contributed by atoms with Crippen LogP contribution in [0.15, 0.2) is 59.3 Å². The molecule has 3 rings (SSSR count). The van der Waals surface area contributed by atoms with Crippen molar-refractivity contribution in [2.45, 2.75) is 12.5 Å². The van der Waals surface area contributed by atoms with E-state index >= 15 is 0 Å². The van der Waals surface area contributed by atoms with Crippen LogP contribution in [0.4, 0.5) is 0 Å². The number of fused-ring (bicyclic) bond motifs is 1. The summed E-state index contributed by atoms with van der Waals surface area (Å²) < 4.78 is 2.94. The Kier molecular flexibility index (Phi) is 3.36. The minimum atomic E-state index is -0.0470. The molecule has 0 spiro atoms. The average Bonchev–Trinajstić information content (AvgIpc) is 2.82. The first-order chi connectivity index (χ1) is 9.24. The summed E-state index contributed by atoms with van der Waals surface area (Å²) in [5, 5.41) is 4.33. The van der Waals surface area contributed by atoms with E-state index in [9.17, 15) is 0 Å². The molecule has 0 aliphatic rings. The molecule has 2 N–H and O–H groups in total. The minimum Gasteiger partial charge on any atom is -0.324 e. The first-order valence-corrected chi connectivity index (χ1v) is 6.95. The quantitative estimate of drug-likeness (QED) is 0.805. The van der Waals surface area contributed by atoms with E-state index in [1.165, 1.54) is 5.56 Å². The summed E-state index contributed by atoms with van der Waals surface area (Å²) in [5.41, 5.74) is 9.70. The summed E-state index contributed by atoms with van der Waals surface area (Å²) >= 11 is 3.48. The second-order valence-electron chi connectivity index (χ2n) is 4.57. The molecule has 2 heterocycles. The lowest BCUT2D eigenvalue weighted by Gasteiger charge is -2.10. The van der Waals surface area contributed by atoms with Gasteiger partial charge in [-0.05, 0) is 36.2 Å². The molecule has 0 saturated carbocycles. The molecular formula is C15H14BrN3. The van der Waals surface area contributed by atoms with E-state index in [0.717, 1.165) is 22.0 Å². The lowest BCUT2D eigenvalue weighted by molar-refractivity contribution is 0.727. The Labute approximate surface area is 120 Å². The van der Waals surface area contributed by atoms with Crippen LogP contribution in [0.5, 0.6) is 0 Å². The number of nitrogens with two attached hydrogens (primary N) is 1. The summed E-state index contributed by atoms with van der Waals surface area (Å²) in [6.45, 7) is 0. The van der Waals surface area contributed by atoms with Gasteiger partial charge >= 0.3 is 0 Å². The van der Waals surface area contributed by atoms with E-state index in [1.54, 1.807) is 0 Å². The molecule has 96 valence electrons. The molecule has 0 amide bonds. The number of aromatic nitrogens is 2. The highest BCUT2D eigenvalue weighted by molar-refractivity contribution is 9.10. The van der Waals surface area contributed by atoms with Crippen LogP contribution in [0, 0.1) is 0 Å². The summed E-state index contributed by atoms with van der Waals surface area (Å²) in [6.07, 6.45) is 4.60. The van der Waals surface area contributed by atoms with Crippen molar-refractivity contribution in [3.05, 3.63) is 70.5 Å². The number of rotatable bonds is 3. The van der Waals surface area contributed by atoms with Crippen LogP contribution in [0.3, 0.4) is 0 Å². The molecule has 1 unspecified atom stereocenters. The van der Waals surface area contributed by atoms with Crippen molar-refractivity contribution in [2.24, 2.45) is 5.73 Å². The van der Waals surface area contributed by atoms with Gasteiger partial charge in [0.2, 0.25) is 0 Å². The molecule has 19 heavy (non-hydrogen) atoms. The zero-order valence-electron chi connectivity index (χ0n) is 10.3. The van der Waals surface area contributed by atoms with Gasteiger partial charge in [0, 0.05) is 22.3 Å². The van der Waals surface area contributed by atoms with Crippen molar-refractivity contribution in [2.75, 3.05) is 0 Å². The Balaban J connectivity index is 1.90. The third-order valence-electron chi connectivity index (χ3n) is 3.20. The predicted octanol–water partition coefficient (Wildman–Crippen LogP) is 3.34. The minimum absolute atomic E-state index is 0.0470. The molecule has 0 aliphatic heterocycles. The molecule has 3 aromatic rings. The van der Waals surface area contributed by atoms with Gasteiger partial charge in [0.05, 0.1) is 11.7 Å². The fourth-order valence-corrected chi connectivity index (χ4v) is 2.71. The molecule has 4 heteroatoms. The fraction of sp³-hybridized carbons (Fsp3) is 0.133. The third kappa shape index (κ3) is 2.55. The Bertz CT molecular complexity index is 705. The van der Waals surface area contributed by atoms with Crippen LogP contribution in [-0.2, 0) is 6.42 Å². The maximum absolute atomic E-state index is 6.32. The highest BCUT2D eigenvalue weighted by atomic mass is 79.9. The van der Waals surface area contributed by atoms with Crippen molar-refractivity contribution in [1.29, 1.82) is 0 Å². The van der Waals surface area contributed by atoms with Crippen LogP contribution in [0.25, 0.3) is 5.52 Å². The van der Waals surface area contributed by atoms with Gasteiger partial charge in [0.1, 0.15) is 0 Å². The molecule has 3 nitrogen and oxygen atoms in total. The molecular weight excluding hydrogens is 302 g/mol. The maximum Gasteiger partial charge on any atom is 0.0709 e. The van der Waals surface area contributed by atoms with E-state index in [2.05, 4.69) is 33.2 Å². The zero-order valence-corrected chi connectivity index (χ0v) is 11.9. The van der Waals surface area contributed by atoms with Gasteiger partial charge in [0.25, 0.3) is 0 Å². The van der Waals surface area contributed by atoms with Gasteiger partial charge in [0.15, 0.2) is 0 Å². The highest BCUT2D eigenvalue weighted by Gasteiger charge is 2.12. The van der Waals surface area contributed by atoms with Crippen molar-refractivity contribution < 1.29 is 0 Å². The van der Waals surface area contributed by atoms with E-state index in [0.29, 0.717) is 0 Å². The van der Waals surface area contributed by atoms with Gasteiger partial charge in [-0.1, -0.05) is 34.1 Å². The van der Waals surface area contributed by atoms with Crippen molar-refractivity contribution in [3.63, 3.8) is 0 Å². The van der Waals surface area contributed by atoms with Crippen molar-refractivity contribution in [1.82, 2.24) is 9.61 Å². The normalized spacial score (nSPS) is 12.7. The van der Waals surface area contributed by atoms with E-state index < -0.39 is 0 Å². The SMILES string of the molecule is NC(Cc1cccc(Br)c1)c1cnn2ccccc12. The number of hydrogen-bond acceptors (Lipinski definition) is 2. The van der Waals surface area contributed by atoms with Gasteiger partial charge in [-0.15, -0.1) is 0 Å². The molecule has 1 atom stereocenters. The number of nitrogens with zero attached hydrogens (tertiary/aromatic N) is 2. The summed E-state index contributed by atoms with van der Waals surface area (Å²) in [7, 11) is 0. The van der Waals surface area contributed by atoms with E-state index in [-0.39, 0.29) is 6.04 Å². The van der Waals surface area contributed by atoms with Gasteiger partial charge < -0.3 is 5.73 Å². The smallest absolute Gasteiger partial charge is 0.0709 e. The lowest BCUT2D eigenvalue weighted by atomic mass is 10.0. The number of pyridine rings is 1. The second-order valence-corrected chi connectivity index (χ2v) is 5.49. The summed E-state index contributed by atoms with van der Waals surface area (Å²) in [4.78, 5) is 0. The van der Waals surface area contributed by atoms with Crippen LogP contribution >= 0.6 is 15.9 Å². The van der Waals surface area contributed by atoms with Gasteiger partial charge in [-0.2, -0.15) is 5.10 Å². The monoisotopic (exact) mass is 315 g/mol. The number of hydrogen-bond donors (Lipinski definition) is 1. The van der Waals surface area contributed by atoms with Crippen molar-refractivity contribution >= 4 is 21.4 Å². The fourth-order valence-electron chi connectivity index (χ4n) is 2.27. The van der Waals surface area contributed by atoms with E-state index in [1.807, 2.05) is 47.2 Å². The van der Waals surface area contributed by atoms with Crippen LogP contribution in [-0.4, -0.2) is 9.61 Å². The topological polar surface area (TPSA) is 43.3 Å². The Morgan fingerprint density at radius 2 is 2.11 bits per heavy atom. The number of halogens is 1. The molecule has 2 aromatic heterocycles. The van der Waals surface area contributed by atoms with Gasteiger partial charge in [-0.25, -0.2) is 4.52 Å².